The lowest BCUT2D eigenvalue weighted by molar-refractivity contribution is 0.600. The number of hydrogen-bond acceptors (Lipinski definition) is 1. The van der Waals surface area contributed by atoms with Gasteiger partial charge in [0, 0.05) is 29.5 Å². The normalized spacial score (nSPS) is 10.8. The Bertz CT molecular complexity index is 508. The van der Waals surface area contributed by atoms with E-state index in [9.17, 15) is 4.39 Å². The lowest BCUT2D eigenvalue weighted by Crippen LogP contribution is -2.02. The largest absolute Gasteiger partial charge is 0.350 e. The summed E-state index contributed by atoms with van der Waals surface area (Å²) >= 11 is 5.70. The first-order chi connectivity index (χ1) is 8.19. The van der Waals surface area contributed by atoms with Crippen LogP contribution in [0.1, 0.15) is 11.1 Å². The molecule has 90 valence electrons. The smallest absolute Gasteiger partial charge is 0.129 e. The molecule has 1 aromatic carbocycles. The van der Waals surface area contributed by atoms with E-state index >= 15 is 0 Å². The molecule has 0 saturated heterocycles. The first-order valence-corrected chi connectivity index (χ1v) is 5.85. The molecule has 0 bridgehead atoms. The molecule has 0 aliphatic carbocycles. The topological polar surface area (TPSA) is 30.9 Å². The van der Waals surface area contributed by atoms with Gasteiger partial charge in [-0.1, -0.05) is 17.7 Å². The Balaban J connectivity index is 2.13. The van der Waals surface area contributed by atoms with Crippen LogP contribution in [-0.2, 0) is 13.0 Å². The summed E-state index contributed by atoms with van der Waals surface area (Å²) in [7, 11) is 0. The Morgan fingerprint density at radius 2 is 2.12 bits per heavy atom. The maximum absolute atomic E-state index is 13.6. The zero-order valence-electron chi connectivity index (χ0n) is 9.37. The van der Waals surface area contributed by atoms with Gasteiger partial charge in [-0.2, -0.15) is 0 Å². The average molecular weight is 253 g/mol. The first kappa shape index (κ1) is 12.1. The maximum atomic E-state index is 13.6. The molecule has 0 unspecified atom stereocenters. The van der Waals surface area contributed by atoms with E-state index in [4.69, 9.17) is 17.3 Å². The summed E-state index contributed by atoms with van der Waals surface area (Å²) in [6, 6.07) is 6.74. The summed E-state index contributed by atoms with van der Waals surface area (Å²) in [5.74, 6) is -0.272. The van der Waals surface area contributed by atoms with E-state index in [0.29, 0.717) is 23.7 Å². The van der Waals surface area contributed by atoms with Crippen molar-refractivity contribution in [2.75, 3.05) is 6.54 Å². The van der Waals surface area contributed by atoms with Gasteiger partial charge in [0.05, 0.1) is 0 Å². The second kappa shape index (κ2) is 5.34. The van der Waals surface area contributed by atoms with Gasteiger partial charge in [0.2, 0.25) is 0 Å². The quantitative estimate of drug-likeness (QED) is 0.891. The Morgan fingerprint density at radius 3 is 2.82 bits per heavy atom. The van der Waals surface area contributed by atoms with Crippen LogP contribution in [0.5, 0.6) is 0 Å². The van der Waals surface area contributed by atoms with Gasteiger partial charge in [-0.15, -0.1) is 0 Å². The van der Waals surface area contributed by atoms with Gasteiger partial charge in [0.15, 0.2) is 0 Å². The van der Waals surface area contributed by atoms with Gasteiger partial charge in [0.25, 0.3) is 0 Å². The van der Waals surface area contributed by atoms with Crippen molar-refractivity contribution in [1.82, 2.24) is 4.57 Å². The number of rotatable bonds is 4. The molecule has 0 atom stereocenters. The number of benzene rings is 1. The van der Waals surface area contributed by atoms with Crippen LogP contribution in [0.15, 0.2) is 36.7 Å². The third-order valence-electron chi connectivity index (χ3n) is 2.61. The van der Waals surface area contributed by atoms with E-state index in [1.807, 2.05) is 23.0 Å². The van der Waals surface area contributed by atoms with Gasteiger partial charge in [-0.05, 0) is 36.7 Å². The fourth-order valence-electron chi connectivity index (χ4n) is 1.75. The summed E-state index contributed by atoms with van der Waals surface area (Å²) in [4.78, 5) is 0. The number of hydrogen-bond donors (Lipinski definition) is 1. The van der Waals surface area contributed by atoms with E-state index in [2.05, 4.69) is 0 Å². The molecular formula is C13H14ClFN2. The molecule has 2 nitrogen and oxygen atoms in total. The number of aromatic nitrogens is 1. The molecular weight excluding hydrogens is 239 g/mol. The van der Waals surface area contributed by atoms with Crippen molar-refractivity contribution in [3.63, 3.8) is 0 Å². The van der Waals surface area contributed by atoms with E-state index in [1.54, 1.807) is 12.1 Å². The fourth-order valence-corrected chi connectivity index (χ4v) is 1.91. The molecule has 0 aliphatic heterocycles. The van der Waals surface area contributed by atoms with Crippen LogP contribution in [0.3, 0.4) is 0 Å². The Morgan fingerprint density at radius 1 is 1.29 bits per heavy atom. The summed E-state index contributed by atoms with van der Waals surface area (Å²) in [5, 5.41) is 0.419. The monoisotopic (exact) mass is 252 g/mol. The van der Waals surface area contributed by atoms with E-state index in [-0.39, 0.29) is 5.82 Å². The summed E-state index contributed by atoms with van der Waals surface area (Å²) in [6.07, 6.45) is 4.76. The van der Waals surface area contributed by atoms with Crippen molar-refractivity contribution < 1.29 is 4.39 Å². The Kier molecular flexibility index (Phi) is 3.82. The lowest BCUT2D eigenvalue weighted by atomic mass is 10.2. The molecule has 0 radical (unpaired) electrons. The lowest BCUT2D eigenvalue weighted by Gasteiger charge is -2.05. The SMILES string of the molecule is NCCc1ccn(Cc2ccc(Cl)cc2F)c1. The molecule has 0 spiro atoms. The second-order valence-electron chi connectivity index (χ2n) is 3.97. The number of nitrogens with zero attached hydrogens (tertiary/aromatic N) is 1. The molecule has 4 heteroatoms. The number of nitrogens with two attached hydrogens (primary N) is 1. The van der Waals surface area contributed by atoms with Crippen LogP contribution >= 0.6 is 11.6 Å². The molecule has 1 heterocycles. The molecule has 17 heavy (non-hydrogen) atoms. The Labute approximate surface area is 105 Å². The molecule has 0 amide bonds. The average Bonchev–Trinajstić information content (AvgIpc) is 2.71. The highest BCUT2D eigenvalue weighted by Gasteiger charge is 2.04. The van der Waals surface area contributed by atoms with E-state index in [0.717, 1.165) is 6.42 Å². The highest BCUT2D eigenvalue weighted by Crippen LogP contribution is 2.16. The van der Waals surface area contributed by atoms with Crippen LogP contribution in [0.4, 0.5) is 4.39 Å². The van der Waals surface area contributed by atoms with Crippen LogP contribution in [0.2, 0.25) is 5.02 Å². The zero-order chi connectivity index (χ0) is 12.3. The van der Waals surface area contributed by atoms with E-state index in [1.165, 1.54) is 11.6 Å². The van der Waals surface area contributed by atoms with Crippen molar-refractivity contribution in [3.8, 4) is 0 Å². The molecule has 2 rings (SSSR count). The Hall–Kier alpha value is -1.32. The van der Waals surface area contributed by atoms with E-state index < -0.39 is 0 Å². The van der Waals surface area contributed by atoms with Crippen molar-refractivity contribution in [2.24, 2.45) is 5.73 Å². The minimum atomic E-state index is -0.272. The summed E-state index contributed by atoms with van der Waals surface area (Å²) < 4.78 is 15.5. The third-order valence-corrected chi connectivity index (χ3v) is 2.85. The molecule has 0 aliphatic rings. The third kappa shape index (κ3) is 3.08. The molecule has 1 aromatic heterocycles. The van der Waals surface area contributed by atoms with Crippen LogP contribution in [0, 0.1) is 5.82 Å². The highest BCUT2D eigenvalue weighted by atomic mass is 35.5. The first-order valence-electron chi connectivity index (χ1n) is 5.47. The number of halogens is 2. The maximum Gasteiger partial charge on any atom is 0.129 e. The predicted molar refractivity (Wildman–Crippen MR) is 67.7 cm³/mol. The highest BCUT2D eigenvalue weighted by molar-refractivity contribution is 6.30. The predicted octanol–water partition coefficient (Wildman–Crippen LogP) is 2.83. The minimum Gasteiger partial charge on any atom is -0.350 e. The molecule has 2 N–H and O–H groups in total. The van der Waals surface area contributed by atoms with Crippen LogP contribution < -0.4 is 5.73 Å². The second-order valence-corrected chi connectivity index (χ2v) is 4.40. The summed E-state index contributed by atoms with van der Waals surface area (Å²) in [5.41, 5.74) is 7.28. The van der Waals surface area contributed by atoms with Crippen molar-refractivity contribution in [2.45, 2.75) is 13.0 Å². The zero-order valence-corrected chi connectivity index (χ0v) is 10.1. The van der Waals surface area contributed by atoms with Gasteiger partial charge < -0.3 is 10.3 Å². The van der Waals surface area contributed by atoms with Gasteiger partial charge in [-0.25, -0.2) is 4.39 Å². The van der Waals surface area contributed by atoms with Crippen molar-refractivity contribution in [3.05, 3.63) is 58.6 Å². The summed E-state index contributed by atoms with van der Waals surface area (Å²) in [6.45, 7) is 1.13. The fraction of sp³-hybridized carbons (Fsp3) is 0.231. The minimum absolute atomic E-state index is 0.272. The standard InChI is InChI=1S/C13H14ClFN2/c14-12-2-1-11(13(15)7-12)9-17-6-4-10(8-17)3-5-16/h1-2,4,6-8H,3,5,9,16H2. The van der Waals surface area contributed by atoms with Crippen molar-refractivity contribution in [1.29, 1.82) is 0 Å². The van der Waals surface area contributed by atoms with Crippen LogP contribution in [-0.4, -0.2) is 11.1 Å². The molecule has 2 aromatic rings. The van der Waals surface area contributed by atoms with Gasteiger partial charge >= 0.3 is 0 Å². The van der Waals surface area contributed by atoms with Crippen molar-refractivity contribution >= 4 is 11.6 Å². The van der Waals surface area contributed by atoms with Gasteiger partial charge in [-0.3, -0.25) is 0 Å². The van der Waals surface area contributed by atoms with Crippen LogP contribution in [0.25, 0.3) is 0 Å². The molecule has 0 saturated carbocycles. The van der Waals surface area contributed by atoms with Gasteiger partial charge in [0.1, 0.15) is 5.82 Å². The molecule has 0 fully saturated rings.